The summed E-state index contributed by atoms with van der Waals surface area (Å²) in [5, 5.41) is 13.2. The fraction of sp³-hybridized carbons (Fsp3) is 0.320. The Hall–Kier alpha value is -3.25. The van der Waals surface area contributed by atoms with Gasteiger partial charge in [-0.15, -0.1) is 0 Å². The van der Waals surface area contributed by atoms with Gasteiger partial charge in [0.25, 0.3) is 0 Å². The molecule has 0 saturated carbocycles. The van der Waals surface area contributed by atoms with Gasteiger partial charge in [0.15, 0.2) is 11.5 Å². The highest BCUT2D eigenvalue weighted by molar-refractivity contribution is 5.91. The lowest BCUT2D eigenvalue weighted by Gasteiger charge is -2.12. The Morgan fingerprint density at radius 2 is 1.68 bits per heavy atom. The highest BCUT2D eigenvalue weighted by Gasteiger charge is 2.22. The largest absolute Gasteiger partial charge is 0.493 e. The standard InChI is InChI=1S/C25H30N2O4/c1-16-7-6-8-20(11-16)15-27-17(2)21(24(18(27)3)25(28)29)14-26-13-19-9-10-22(30-4)23(12-19)31-5/h6-12,26H,13-15H2,1-5H3,(H,28,29). The zero-order valence-electron chi connectivity index (χ0n) is 18.8. The minimum atomic E-state index is -0.897. The second kappa shape index (κ2) is 9.71. The van der Waals surface area contributed by atoms with E-state index in [4.69, 9.17) is 9.47 Å². The fourth-order valence-electron chi connectivity index (χ4n) is 4.00. The molecule has 1 heterocycles. The van der Waals surface area contributed by atoms with E-state index in [0.29, 0.717) is 36.7 Å². The summed E-state index contributed by atoms with van der Waals surface area (Å²) in [5.74, 6) is 0.454. The second-order valence-corrected chi connectivity index (χ2v) is 7.70. The molecule has 0 aliphatic carbocycles. The molecule has 6 heteroatoms. The number of methoxy groups -OCH3 is 2. The Kier molecular flexibility index (Phi) is 7.02. The molecule has 1 aromatic heterocycles. The summed E-state index contributed by atoms with van der Waals surface area (Å²) in [4.78, 5) is 12.0. The van der Waals surface area contributed by atoms with Crippen LogP contribution < -0.4 is 14.8 Å². The van der Waals surface area contributed by atoms with E-state index in [-0.39, 0.29) is 0 Å². The number of hydrogen-bond acceptors (Lipinski definition) is 4. The van der Waals surface area contributed by atoms with Gasteiger partial charge >= 0.3 is 5.97 Å². The molecule has 0 amide bonds. The SMILES string of the molecule is COc1ccc(CNCc2c(C(=O)O)c(C)n(Cc3cccc(C)c3)c2C)cc1OC. The van der Waals surface area contributed by atoms with Gasteiger partial charge in [-0.3, -0.25) is 0 Å². The van der Waals surface area contributed by atoms with Crippen molar-refractivity contribution in [2.45, 2.75) is 40.4 Å². The molecular formula is C25H30N2O4. The first-order valence-electron chi connectivity index (χ1n) is 10.2. The van der Waals surface area contributed by atoms with Crippen LogP contribution in [0.5, 0.6) is 11.5 Å². The first-order valence-corrected chi connectivity index (χ1v) is 10.2. The molecule has 2 N–H and O–H groups in total. The molecule has 164 valence electrons. The predicted molar refractivity (Wildman–Crippen MR) is 121 cm³/mol. The van der Waals surface area contributed by atoms with Crippen LogP contribution in [0.25, 0.3) is 0 Å². The van der Waals surface area contributed by atoms with Gasteiger partial charge in [-0.1, -0.05) is 35.9 Å². The van der Waals surface area contributed by atoms with Crippen LogP contribution in [-0.2, 0) is 19.6 Å². The normalized spacial score (nSPS) is 10.9. The maximum Gasteiger partial charge on any atom is 0.337 e. The van der Waals surface area contributed by atoms with Crippen LogP contribution in [0, 0.1) is 20.8 Å². The van der Waals surface area contributed by atoms with Crippen LogP contribution in [0.3, 0.4) is 0 Å². The molecule has 0 unspecified atom stereocenters. The average Bonchev–Trinajstić information content (AvgIpc) is 2.98. The zero-order valence-corrected chi connectivity index (χ0v) is 18.8. The van der Waals surface area contributed by atoms with Gasteiger partial charge < -0.3 is 24.5 Å². The number of carboxylic acids is 1. The van der Waals surface area contributed by atoms with Crippen molar-refractivity contribution in [3.05, 3.63) is 81.7 Å². The third-order valence-electron chi connectivity index (χ3n) is 5.63. The molecule has 0 radical (unpaired) electrons. The number of rotatable bonds is 9. The van der Waals surface area contributed by atoms with E-state index in [1.165, 1.54) is 5.56 Å². The third kappa shape index (κ3) is 4.91. The highest BCUT2D eigenvalue weighted by atomic mass is 16.5. The molecule has 0 aliphatic rings. The lowest BCUT2D eigenvalue weighted by atomic mass is 10.1. The van der Waals surface area contributed by atoms with Crippen molar-refractivity contribution in [1.29, 1.82) is 0 Å². The van der Waals surface area contributed by atoms with Gasteiger partial charge in [-0.2, -0.15) is 0 Å². The minimum absolute atomic E-state index is 0.380. The van der Waals surface area contributed by atoms with Gasteiger partial charge in [-0.25, -0.2) is 4.79 Å². The van der Waals surface area contributed by atoms with Crippen molar-refractivity contribution in [2.24, 2.45) is 0 Å². The Labute approximate surface area is 183 Å². The molecule has 0 aliphatic heterocycles. The van der Waals surface area contributed by atoms with E-state index in [2.05, 4.69) is 35.0 Å². The number of aromatic carboxylic acids is 1. The Morgan fingerprint density at radius 1 is 0.935 bits per heavy atom. The van der Waals surface area contributed by atoms with Crippen molar-refractivity contribution >= 4 is 5.97 Å². The highest BCUT2D eigenvalue weighted by Crippen LogP contribution is 2.28. The number of nitrogens with one attached hydrogen (secondary N) is 1. The van der Waals surface area contributed by atoms with Gasteiger partial charge in [0.1, 0.15) is 0 Å². The van der Waals surface area contributed by atoms with Crippen molar-refractivity contribution in [2.75, 3.05) is 14.2 Å². The van der Waals surface area contributed by atoms with Crippen LogP contribution in [0.2, 0.25) is 0 Å². The summed E-state index contributed by atoms with van der Waals surface area (Å²) in [7, 11) is 3.22. The number of carbonyl (C=O) groups is 1. The summed E-state index contributed by atoms with van der Waals surface area (Å²) in [6.07, 6.45) is 0. The van der Waals surface area contributed by atoms with Crippen molar-refractivity contribution in [3.8, 4) is 11.5 Å². The Bertz CT molecular complexity index is 1090. The summed E-state index contributed by atoms with van der Waals surface area (Å²) >= 11 is 0. The lowest BCUT2D eigenvalue weighted by Crippen LogP contribution is -2.15. The van der Waals surface area contributed by atoms with E-state index in [1.54, 1.807) is 14.2 Å². The molecule has 31 heavy (non-hydrogen) atoms. The molecule has 0 atom stereocenters. The fourth-order valence-corrected chi connectivity index (χ4v) is 4.00. The summed E-state index contributed by atoms with van der Waals surface area (Å²) in [5.41, 5.74) is 6.31. The maximum absolute atomic E-state index is 12.0. The van der Waals surface area contributed by atoms with E-state index < -0.39 is 5.97 Å². The maximum atomic E-state index is 12.0. The second-order valence-electron chi connectivity index (χ2n) is 7.70. The summed E-state index contributed by atoms with van der Waals surface area (Å²) in [6, 6.07) is 14.0. The molecule has 2 aromatic carbocycles. The van der Waals surface area contributed by atoms with Crippen LogP contribution in [-0.4, -0.2) is 29.9 Å². The van der Waals surface area contributed by atoms with Crippen LogP contribution in [0.1, 0.15) is 44.0 Å². The average molecular weight is 423 g/mol. The van der Waals surface area contributed by atoms with Gasteiger partial charge in [0, 0.05) is 36.6 Å². The van der Waals surface area contributed by atoms with Crippen molar-refractivity contribution < 1.29 is 19.4 Å². The van der Waals surface area contributed by atoms with Gasteiger partial charge in [0.05, 0.1) is 19.8 Å². The van der Waals surface area contributed by atoms with E-state index in [1.807, 2.05) is 38.1 Å². The molecule has 0 fully saturated rings. The monoisotopic (exact) mass is 422 g/mol. The predicted octanol–water partition coefficient (Wildman–Crippen LogP) is 4.47. The number of aromatic nitrogens is 1. The molecule has 3 aromatic rings. The number of carboxylic acid groups (broad SMARTS) is 1. The molecule has 6 nitrogen and oxygen atoms in total. The lowest BCUT2D eigenvalue weighted by molar-refractivity contribution is 0.0694. The number of ether oxygens (including phenoxy) is 2. The minimum Gasteiger partial charge on any atom is -0.493 e. The first-order chi connectivity index (χ1) is 14.8. The summed E-state index contributed by atoms with van der Waals surface area (Å²) in [6.45, 7) is 7.62. The Morgan fingerprint density at radius 3 is 2.32 bits per heavy atom. The quantitative estimate of drug-likeness (QED) is 0.532. The molecule has 0 saturated heterocycles. The molecule has 3 rings (SSSR count). The molecular weight excluding hydrogens is 392 g/mol. The van der Waals surface area contributed by atoms with Gasteiger partial charge in [-0.05, 0) is 44.0 Å². The molecule has 0 spiro atoms. The number of aryl methyl sites for hydroxylation is 1. The molecule has 0 bridgehead atoms. The number of hydrogen-bond donors (Lipinski definition) is 2. The number of nitrogens with zero attached hydrogens (tertiary/aromatic N) is 1. The Balaban J connectivity index is 1.81. The van der Waals surface area contributed by atoms with Crippen molar-refractivity contribution in [3.63, 3.8) is 0 Å². The van der Waals surface area contributed by atoms with Gasteiger partial charge in [0.2, 0.25) is 0 Å². The van der Waals surface area contributed by atoms with E-state index >= 15 is 0 Å². The van der Waals surface area contributed by atoms with Crippen molar-refractivity contribution in [1.82, 2.24) is 9.88 Å². The summed E-state index contributed by atoms with van der Waals surface area (Å²) < 4.78 is 12.7. The third-order valence-corrected chi connectivity index (χ3v) is 5.63. The number of benzene rings is 2. The smallest absolute Gasteiger partial charge is 0.337 e. The zero-order chi connectivity index (χ0) is 22.5. The van der Waals surface area contributed by atoms with Crippen LogP contribution in [0.15, 0.2) is 42.5 Å². The topological polar surface area (TPSA) is 72.7 Å². The van der Waals surface area contributed by atoms with E-state index in [9.17, 15) is 9.90 Å². The van der Waals surface area contributed by atoms with E-state index in [0.717, 1.165) is 28.1 Å². The van der Waals surface area contributed by atoms with Crippen LogP contribution in [0.4, 0.5) is 0 Å². The van der Waals surface area contributed by atoms with Crippen LogP contribution >= 0.6 is 0 Å². The first kappa shape index (κ1) is 22.4.